The molecule has 0 bridgehead atoms. The van der Waals surface area contributed by atoms with Crippen LogP contribution in [0.5, 0.6) is 0 Å². The van der Waals surface area contributed by atoms with Gasteiger partial charge in [0.05, 0.1) is 11.3 Å². The van der Waals surface area contributed by atoms with Crippen molar-refractivity contribution in [1.29, 1.82) is 5.26 Å². The quantitative estimate of drug-likeness (QED) is 0.797. The van der Waals surface area contributed by atoms with Gasteiger partial charge >= 0.3 is 0 Å². The minimum Gasteiger partial charge on any atom is -0.344 e. The van der Waals surface area contributed by atoms with Crippen molar-refractivity contribution in [3.63, 3.8) is 0 Å². The van der Waals surface area contributed by atoms with E-state index in [4.69, 9.17) is 16.9 Å². The zero-order valence-corrected chi connectivity index (χ0v) is 10.1. The molecule has 0 atom stereocenters. The monoisotopic (exact) mass is 242 g/mol. The van der Waals surface area contributed by atoms with E-state index in [0.29, 0.717) is 10.6 Å². The first-order chi connectivity index (χ1) is 8.22. The molecule has 84 valence electrons. The molecule has 0 aliphatic heterocycles. The third-order valence-electron chi connectivity index (χ3n) is 2.60. The first-order valence-electron chi connectivity index (χ1n) is 5.21. The van der Waals surface area contributed by atoms with Crippen LogP contribution in [0.1, 0.15) is 5.56 Å². The van der Waals surface area contributed by atoms with E-state index in [9.17, 15) is 0 Å². The molecule has 0 amide bonds. The Balaban J connectivity index is 2.40. The summed E-state index contributed by atoms with van der Waals surface area (Å²) in [7, 11) is 1.93. The molecular weight excluding hydrogens is 232 g/mol. The Morgan fingerprint density at radius 2 is 1.71 bits per heavy atom. The van der Waals surface area contributed by atoms with Crippen molar-refractivity contribution < 1.29 is 0 Å². The fourth-order valence-corrected chi connectivity index (χ4v) is 1.79. The zero-order valence-electron chi connectivity index (χ0n) is 9.39. The number of nitrogens with zero attached hydrogens (tertiary/aromatic N) is 2. The van der Waals surface area contributed by atoms with Crippen LogP contribution in [-0.2, 0) is 0 Å². The molecule has 2 aromatic carbocycles. The van der Waals surface area contributed by atoms with E-state index < -0.39 is 0 Å². The van der Waals surface area contributed by atoms with E-state index in [1.165, 1.54) is 0 Å². The van der Waals surface area contributed by atoms with Gasteiger partial charge in [-0.2, -0.15) is 5.26 Å². The number of anilines is 2. The van der Waals surface area contributed by atoms with Gasteiger partial charge in [0, 0.05) is 17.8 Å². The van der Waals surface area contributed by atoms with Gasteiger partial charge in [0.1, 0.15) is 6.07 Å². The summed E-state index contributed by atoms with van der Waals surface area (Å²) in [5.74, 6) is 0. The summed E-state index contributed by atoms with van der Waals surface area (Å²) >= 11 is 5.85. The van der Waals surface area contributed by atoms with Gasteiger partial charge in [-0.3, -0.25) is 0 Å². The fourth-order valence-electron chi connectivity index (χ4n) is 1.66. The molecule has 0 aliphatic rings. The van der Waals surface area contributed by atoms with Crippen LogP contribution in [0.25, 0.3) is 0 Å². The lowest BCUT2D eigenvalue weighted by atomic mass is 10.1. The summed E-state index contributed by atoms with van der Waals surface area (Å²) < 4.78 is 0. The summed E-state index contributed by atoms with van der Waals surface area (Å²) in [5.41, 5.74) is 2.54. The zero-order chi connectivity index (χ0) is 12.3. The molecule has 0 fully saturated rings. The molecule has 0 aliphatic carbocycles. The van der Waals surface area contributed by atoms with Crippen molar-refractivity contribution in [3.05, 3.63) is 59.1 Å². The second kappa shape index (κ2) is 4.90. The lowest BCUT2D eigenvalue weighted by Gasteiger charge is -2.20. The van der Waals surface area contributed by atoms with Gasteiger partial charge < -0.3 is 4.90 Å². The number of nitriles is 1. The highest BCUT2D eigenvalue weighted by Crippen LogP contribution is 2.27. The Bertz CT molecular complexity index is 555. The Kier molecular flexibility index (Phi) is 3.32. The van der Waals surface area contributed by atoms with E-state index in [0.717, 1.165) is 11.4 Å². The highest BCUT2D eigenvalue weighted by atomic mass is 35.5. The molecule has 17 heavy (non-hydrogen) atoms. The van der Waals surface area contributed by atoms with Crippen molar-refractivity contribution in [2.45, 2.75) is 0 Å². The molecule has 3 heteroatoms. The third-order valence-corrected chi connectivity index (χ3v) is 2.85. The van der Waals surface area contributed by atoms with Gasteiger partial charge in [0.25, 0.3) is 0 Å². The lowest BCUT2D eigenvalue weighted by Crippen LogP contribution is -2.10. The van der Waals surface area contributed by atoms with Crippen molar-refractivity contribution in [2.24, 2.45) is 0 Å². The van der Waals surface area contributed by atoms with Crippen LogP contribution in [0.3, 0.4) is 0 Å². The van der Waals surface area contributed by atoms with Crippen LogP contribution in [-0.4, -0.2) is 7.05 Å². The molecule has 2 rings (SSSR count). The highest BCUT2D eigenvalue weighted by Gasteiger charge is 2.07. The summed E-state index contributed by atoms with van der Waals surface area (Å²) in [6, 6.07) is 17.2. The van der Waals surface area contributed by atoms with Gasteiger partial charge in [-0.25, -0.2) is 0 Å². The van der Waals surface area contributed by atoms with Gasteiger partial charge in [-0.15, -0.1) is 0 Å². The summed E-state index contributed by atoms with van der Waals surface area (Å²) in [5, 5.41) is 9.76. The fraction of sp³-hybridized carbons (Fsp3) is 0.0714. The number of benzene rings is 2. The second-order valence-corrected chi connectivity index (χ2v) is 4.10. The second-order valence-electron chi connectivity index (χ2n) is 3.66. The topological polar surface area (TPSA) is 27.0 Å². The van der Waals surface area contributed by atoms with Gasteiger partial charge in [-0.1, -0.05) is 23.7 Å². The van der Waals surface area contributed by atoms with E-state index in [-0.39, 0.29) is 0 Å². The molecule has 0 spiro atoms. The number of hydrogen-bond donors (Lipinski definition) is 0. The van der Waals surface area contributed by atoms with Gasteiger partial charge in [-0.05, 0) is 36.4 Å². The largest absolute Gasteiger partial charge is 0.344 e. The Hall–Kier alpha value is -1.98. The molecule has 0 saturated carbocycles. The SMILES string of the molecule is CN(c1ccc(Cl)cc1)c1ccccc1C#N. The maximum atomic E-state index is 9.06. The van der Waals surface area contributed by atoms with Crippen LogP contribution in [0.15, 0.2) is 48.5 Å². The van der Waals surface area contributed by atoms with Crippen molar-refractivity contribution >= 4 is 23.0 Å². The van der Waals surface area contributed by atoms with Crippen molar-refractivity contribution in [1.82, 2.24) is 0 Å². The molecule has 0 unspecified atom stereocenters. The normalized spacial score (nSPS) is 9.71. The number of hydrogen-bond acceptors (Lipinski definition) is 2. The van der Waals surface area contributed by atoms with Gasteiger partial charge in [0.2, 0.25) is 0 Å². The van der Waals surface area contributed by atoms with Crippen molar-refractivity contribution in [2.75, 3.05) is 11.9 Å². The molecule has 0 N–H and O–H groups in total. The molecule has 0 aromatic heterocycles. The predicted molar refractivity (Wildman–Crippen MR) is 70.7 cm³/mol. The molecule has 0 saturated heterocycles. The average Bonchev–Trinajstić information content (AvgIpc) is 2.39. The predicted octanol–water partition coefficient (Wildman–Crippen LogP) is 3.98. The number of para-hydroxylation sites is 1. The number of rotatable bonds is 2. The molecular formula is C14H11ClN2. The molecule has 2 aromatic rings. The summed E-state index contributed by atoms with van der Waals surface area (Å²) in [6.07, 6.45) is 0. The van der Waals surface area contributed by atoms with Crippen LogP contribution in [0, 0.1) is 11.3 Å². The van der Waals surface area contributed by atoms with E-state index >= 15 is 0 Å². The highest BCUT2D eigenvalue weighted by molar-refractivity contribution is 6.30. The van der Waals surface area contributed by atoms with E-state index in [1.54, 1.807) is 0 Å². The first-order valence-corrected chi connectivity index (χ1v) is 5.58. The molecule has 0 heterocycles. The average molecular weight is 243 g/mol. The Morgan fingerprint density at radius 1 is 1.06 bits per heavy atom. The van der Waals surface area contributed by atoms with Crippen LogP contribution in [0.2, 0.25) is 5.02 Å². The first kappa shape index (κ1) is 11.5. The lowest BCUT2D eigenvalue weighted by molar-refractivity contribution is 1.20. The standard InChI is InChI=1S/C14H11ClN2/c1-17(13-8-6-12(15)7-9-13)14-5-3-2-4-11(14)10-16/h2-9H,1H3. The van der Waals surface area contributed by atoms with Crippen LogP contribution >= 0.6 is 11.6 Å². The molecule has 0 radical (unpaired) electrons. The third kappa shape index (κ3) is 2.41. The maximum Gasteiger partial charge on any atom is 0.101 e. The van der Waals surface area contributed by atoms with Crippen LogP contribution < -0.4 is 4.90 Å². The Labute approximate surface area is 106 Å². The molecule has 2 nitrogen and oxygen atoms in total. The minimum absolute atomic E-state index is 0.657. The number of halogens is 1. The summed E-state index contributed by atoms with van der Waals surface area (Å²) in [6.45, 7) is 0. The van der Waals surface area contributed by atoms with Gasteiger partial charge in [0.15, 0.2) is 0 Å². The van der Waals surface area contributed by atoms with Crippen LogP contribution in [0.4, 0.5) is 11.4 Å². The summed E-state index contributed by atoms with van der Waals surface area (Å²) in [4.78, 5) is 1.97. The smallest absolute Gasteiger partial charge is 0.101 e. The Morgan fingerprint density at radius 3 is 2.35 bits per heavy atom. The minimum atomic E-state index is 0.657. The van der Waals surface area contributed by atoms with Crippen molar-refractivity contribution in [3.8, 4) is 6.07 Å². The van der Waals surface area contributed by atoms with E-state index in [1.807, 2.05) is 60.5 Å². The van der Waals surface area contributed by atoms with E-state index in [2.05, 4.69) is 6.07 Å². The maximum absolute atomic E-state index is 9.06.